The quantitative estimate of drug-likeness (QED) is 0.251. The Labute approximate surface area is 191 Å². The summed E-state index contributed by atoms with van der Waals surface area (Å²) in [6.07, 6.45) is 1.12. The van der Waals surface area contributed by atoms with Gasteiger partial charge in [0, 0.05) is 0 Å². The maximum atomic E-state index is 13.2. The van der Waals surface area contributed by atoms with Crippen molar-refractivity contribution in [1.82, 2.24) is 5.32 Å². The average molecular weight is 465 g/mol. The molecule has 0 saturated carbocycles. The van der Waals surface area contributed by atoms with Crippen LogP contribution in [0.3, 0.4) is 0 Å². The number of nitrogens with one attached hydrogen (secondary N) is 1. The molecular formula is C23H16FN3O7. The van der Waals surface area contributed by atoms with Gasteiger partial charge in [-0.1, -0.05) is 0 Å². The molecule has 0 spiro atoms. The van der Waals surface area contributed by atoms with Gasteiger partial charge in [0.15, 0.2) is 0 Å². The van der Waals surface area contributed by atoms with Crippen molar-refractivity contribution in [2.45, 2.75) is 6.92 Å². The van der Waals surface area contributed by atoms with Gasteiger partial charge in [-0.05, 0) is 61.5 Å². The van der Waals surface area contributed by atoms with Crippen LogP contribution in [0.2, 0.25) is 0 Å². The summed E-state index contributed by atoms with van der Waals surface area (Å²) >= 11 is 0. The number of halogens is 1. The molecule has 4 rings (SSSR count). The largest absolute Gasteiger partial charge is 0.494 e. The van der Waals surface area contributed by atoms with Gasteiger partial charge in [0.1, 0.15) is 28.7 Å². The molecule has 0 radical (unpaired) electrons. The highest BCUT2D eigenvalue weighted by Gasteiger charge is 2.37. The van der Waals surface area contributed by atoms with E-state index in [4.69, 9.17) is 9.15 Å². The highest BCUT2D eigenvalue weighted by molar-refractivity contribution is 6.39. The zero-order valence-electron chi connectivity index (χ0n) is 17.6. The Morgan fingerprint density at radius 3 is 2.53 bits per heavy atom. The van der Waals surface area contributed by atoms with Crippen LogP contribution in [0.1, 0.15) is 12.7 Å². The maximum Gasteiger partial charge on any atom is 0.335 e. The summed E-state index contributed by atoms with van der Waals surface area (Å²) < 4.78 is 24.2. The summed E-state index contributed by atoms with van der Waals surface area (Å²) in [4.78, 5) is 49.1. The van der Waals surface area contributed by atoms with Crippen LogP contribution >= 0.6 is 0 Å². The van der Waals surface area contributed by atoms with Gasteiger partial charge < -0.3 is 9.15 Å². The molecule has 172 valence electrons. The third-order valence-corrected chi connectivity index (χ3v) is 4.84. The van der Waals surface area contributed by atoms with Crippen LogP contribution < -0.4 is 15.0 Å². The minimum Gasteiger partial charge on any atom is -0.494 e. The van der Waals surface area contributed by atoms with Gasteiger partial charge in [-0.2, -0.15) is 0 Å². The number of carbonyl (C=O) groups excluding carboxylic acids is 3. The number of rotatable bonds is 6. The second kappa shape index (κ2) is 8.98. The first-order chi connectivity index (χ1) is 16.3. The molecule has 10 nitrogen and oxygen atoms in total. The Balaban J connectivity index is 1.68. The van der Waals surface area contributed by atoms with Crippen molar-refractivity contribution in [2.75, 3.05) is 11.5 Å². The van der Waals surface area contributed by atoms with E-state index in [2.05, 4.69) is 0 Å². The lowest BCUT2D eigenvalue weighted by atomic mass is 10.1. The van der Waals surface area contributed by atoms with Crippen molar-refractivity contribution in [3.8, 4) is 17.1 Å². The smallest absolute Gasteiger partial charge is 0.335 e. The van der Waals surface area contributed by atoms with Gasteiger partial charge in [-0.15, -0.1) is 0 Å². The molecule has 0 unspecified atom stereocenters. The fourth-order valence-electron chi connectivity index (χ4n) is 3.33. The van der Waals surface area contributed by atoms with Crippen LogP contribution in [0.4, 0.5) is 20.6 Å². The predicted molar refractivity (Wildman–Crippen MR) is 117 cm³/mol. The summed E-state index contributed by atoms with van der Waals surface area (Å²) in [6, 6.07) is 10.7. The van der Waals surface area contributed by atoms with E-state index >= 15 is 0 Å². The first-order valence-electron chi connectivity index (χ1n) is 9.97. The van der Waals surface area contributed by atoms with Crippen molar-refractivity contribution in [3.05, 3.63) is 81.9 Å². The number of amides is 4. The molecule has 1 aromatic heterocycles. The summed E-state index contributed by atoms with van der Waals surface area (Å²) in [5.74, 6) is -1.96. The van der Waals surface area contributed by atoms with Crippen molar-refractivity contribution >= 4 is 35.3 Å². The molecule has 1 N–H and O–H groups in total. The number of hydrogen-bond acceptors (Lipinski definition) is 7. The summed E-state index contributed by atoms with van der Waals surface area (Å²) in [5.41, 5.74) is -0.432. The fourth-order valence-corrected chi connectivity index (χ4v) is 3.33. The predicted octanol–water partition coefficient (Wildman–Crippen LogP) is 4.06. The molecule has 11 heteroatoms. The van der Waals surface area contributed by atoms with E-state index in [1.54, 1.807) is 13.0 Å². The van der Waals surface area contributed by atoms with E-state index in [1.165, 1.54) is 36.4 Å². The van der Waals surface area contributed by atoms with Crippen LogP contribution in [0.5, 0.6) is 5.75 Å². The van der Waals surface area contributed by atoms with Crippen LogP contribution in [0.25, 0.3) is 17.4 Å². The molecule has 2 aromatic carbocycles. The first kappa shape index (κ1) is 22.4. The third-order valence-electron chi connectivity index (χ3n) is 4.84. The Morgan fingerprint density at radius 1 is 1.12 bits per heavy atom. The number of nitro benzene ring substituents is 1. The Bertz CT molecular complexity index is 1340. The lowest BCUT2D eigenvalue weighted by Crippen LogP contribution is -2.54. The standard InChI is InChI=1S/C23H16FN3O7/c1-2-33-15-7-9-17(19(12-15)27(31)32)20-10-8-16(34-20)11-18-21(28)25-23(30)26(22(18)29)14-5-3-13(24)4-6-14/h3-12H,2H2,1H3,(H,25,28,30)/b18-11-. The molecule has 1 aliphatic rings. The molecule has 0 atom stereocenters. The number of nitro groups is 1. The van der Waals surface area contributed by atoms with Gasteiger partial charge in [-0.25, -0.2) is 14.1 Å². The minimum atomic E-state index is -0.982. The lowest BCUT2D eigenvalue weighted by molar-refractivity contribution is -0.384. The normalized spacial score (nSPS) is 14.9. The second-order valence-corrected chi connectivity index (χ2v) is 7.01. The zero-order chi connectivity index (χ0) is 24.4. The number of nitrogens with zero attached hydrogens (tertiary/aromatic N) is 2. The molecular weight excluding hydrogens is 449 g/mol. The van der Waals surface area contributed by atoms with Crippen molar-refractivity contribution in [1.29, 1.82) is 0 Å². The SMILES string of the molecule is CCOc1ccc(-c2ccc(/C=C3/C(=O)NC(=O)N(c4ccc(F)cc4)C3=O)o2)c([N+](=O)[O-])c1. The molecule has 1 aliphatic heterocycles. The number of urea groups is 1. The number of imide groups is 2. The number of hydrogen-bond donors (Lipinski definition) is 1. The van der Waals surface area contributed by atoms with E-state index in [1.807, 2.05) is 5.32 Å². The number of barbiturate groups is 1. The maximum absolute atomic E-state index is 13.2. The van der Waals surface area contributed by atoms with E-state index in [9.17, 15) is 28.9 Å². The van der Waals surface area contributed by atoms with Crippen molar-refractivity contribution in [3.63, 3.8) is 0 Å². The number of benzene rings is 2. The average Bonchev–Trinajstić information content (AvgIpc) is 3.26. The van der Waals surface area contributed by atoms with Gasteiger partial charge in [-0.3, -0.25) is 25.0 Å². The first-order valence-corrected chi connectivity index (χ1v) is 9.97. The van der Waals surface area contributed by atoms with Crippen molar-refractivity contribution < 1.29 is 32.9 Å². The molecule has 0 bridgehead atoms. The Hall–Kier alpha value is -4.80. The summed E-state index contributed by atoms with van der Waals surface area (Å²) in [6.45, 7) is 2.09. The fraction of sp³-hybridized carbons (Fsp3) is 0.0870. The molecule has 34 heavy (non-hydrogen) atoms. The summed E-state index contributed by atoms with van der Waals surface area (Å²) in [7, 11) is 0. The molecule has 3 aromatic rings. The third kappa shape index (κ3) is 4.26. The highest BCUT2D eigenvalue weighted by Crippen LogP contribution is 2.35. The van der Waals surface area contributed by atoms with E-state index in [0.29, 0.717) is 17.3 Å². The number of furan rings is 1. The number of carbonyl (C=O) groups is 3. The molecule has 2 heterocycles. The Morgan fingerprint density at radius 2 is 1.85 bits per heavy atom. The second-order valence-electron chi connectivity index (χ2n) is 7.01. The minimum absolute atomic E-state index is 0.0464. The van der Waals surface area contributed by atoms with Crippen LogP contribution in [0.15, 0.2) is 64.6 Å². The molecule has 1 saturated heterocycles. The zero-order valence-corrected chi connectivity index (χ0v) is 17.6. The van der Waals surface area contributed by atoms with Gasteiger partial charge in [0.2, 0.25) is 0 Å². The van der Waals surface area contributed by atoms with Gasteiger partial charge >= 0.3 is 6.03 Å². The summed E-state index contributed by atoms with van der Waals surface area (Å²) in [5, 5.41) is 13.6. The van der Waals surface area contributed by atoms with Crippen molar-refractivity contribution in [2.24, 2.45) is 0 Å². The van der Waals surface area contributed by atoms with Crippen LogP contribution in [-0.2, 0) is 9.59 Å². The van der Waals surface area contributed by atoms with Gasteiger partial charge in [0.05, 0.1) is 28.8 Å². The topological polar surface area (TPSA) is 132 Å². The number of ether oxygens (including phenoxy) is 1. The van der Waals surface area contributed by atoms with E-state index < -0.39 is 34.2 Å². The monoisotopic (exact) mass is 465 g/mol. The number of anilines is 1. The van der Waals surface area contributed by atoms with Gasteiger partial charge in [0.25, 0.3) is 17.5 Å². The van der Waals surface area contributed by atoms with Crippen LogP contribution in [-0.4, -0.2) is 29.4 Å². The van der Waals surface area contributed by atoms with E-state index in [-0.39, 0.29) is 28.5 Å². The molecule has 4 amide bonds. The van der Waals surface area contributed by atoms with E-state index in [0.717, 1.165) is 18.2 Å². The Kier molecular flexibility index (Phi) is 5.92. The van der Waals surface area contributed by atoms with Crippen LogP contribution in [0, 0.1) is 15.9 Å². The lowest BCUT2D eigenvalue weighted by Gasteiger charge is -2.26. The molecule has 1 fully saturated rings. The molecule has 0 aliphatic carbocycles. The highest BCUT2D eigenvalue weighted by atomic mass is 19.1.